The molecule has 2 N–H and O–H groups in total. The van der Waals surface area contributed by atoms with Gasteiger partial charge in [0.25, 0.3) is 5.91 Å². The lowest BCUT2D eigenvalue weighted by Gasteiger charge is -2.28. The van der Waals surface area contributed by atoms with Crippen LogP contribution < -0.4 is 10.6 Å². The summed E-state index contributed by atoms with van der Waals surface area (Å²) in [5.74, 6) is -1.34. The third-order valence-electron chi connectivity index (χ3n) is 2.95. The molecule has 2 rings (SSSR count). The highest BCUT2D eigenvalue weighted by molar-refractivity contribution is 9.11. The number of nitrogens with two attached hydrogens (primary N) is 1. The molecule has 1 heterocycles. The maximum Gasteiger partial charge on any atom is 0.432 e. The van der Waals surface area contributed by atoms with E-state index < -0.39 is 54.4 Å². The lowest BCUT2D eigenvalue weighted by molar-refractivity contribution is -0.137. The van der Waals surface area contributed by atoms with Gasteiger partial charge in [-0.1, -0.05) is 50.9 Å². The average molecular weight is 490 g/mol. The number of nitrogens with zero attached hydrogens (tertiary/aromatic N) is 1. The number of allylic oxidation sites excluding steroid dienone is 1. The molecule has 0 saturated carbocycles. The maximum atomic E-state index is 13.4. The molecule has 138 valence electrons. The zero-order chi connectivity index (χ0) is 19.3. The number of rotatable bonds is 2. The summed E-state index contributed by atoms with van der Waals surface area (Å²) in [6.07, 6.45) is -9.82. The Hall–Kier alpha value is -0.780. The van der Waals surface area contributed by atoms with Crippen LogP contribution in [0.4, 0.5) is 32.0 Å². The van der Waals surface area contributed by atoms with Gasteiger partial charge in [0.15, 0.2) is 0 Å². The van der Waals surface area contributed by atoms with E-state index in [2.05, 4.69) is 15.9 Å². The van der Waals surface area contributed by atoms with Gasteiger partial charge >= 0.3 is 12.4 Å². The fourth-order valence-corrected chi connectivity index (χ4v) is 4.62. The summed E-state index contributed by atoms with van der Waals surface area (Å²) in [4.78, 5) is 11.0. The van der Waals surface area contributed by atoms with Crippen LogP contribution in [0.15, 0.2) is 22.7 Å². The number of halogens is 9. The Morgan fingerprint density at radius 3 is 1.96 bits per heavy atom. The van der Waals surface area contributed by atoms with Gasteiger partial charge in [0.2, 0.25) is 0 Å². The predicted octanol–water partition coefficient (Wildman–Crippen LogP) is 5.50. The molecule has 0 radical (unpaired) electrons. The summed E-state index contributed by atoms with van der Waals surface area (Å²) in [5, 5.41) is -1.34. The fourth-order valence-electron chi connectivity index (χ4n) is 2.03. The van der Waals surface area contributed by atoms with E-state index in [9.17, 15) is 31.1 Å². The zero-order valence-electron chi connectivity index (χ0n) is 11.5. The molecule has 0 spiro atoms. The first-order valence-electron chi connectivity index (χ1n) is 6.02. The highest BCUT2D eigenvalue weighted by Gasteiger charge is 2.50. The summed E-state index contributed by atoms with van der Waals surface area (Å²) in [5.41, 5.74) is 1.74. The molecule has 1 aromatic rings. The van der Waals surface area contributed by atoms with Gasteiger partial charge in [-0.05, 0) is 12.1 Å². The minimum absolute atomic E-state index is 0.427. The molecule has 1 aliphatic rings. The monoisotopic (exact) mass is 488 g/mol. The minimum atomic E-state index is -5.03. The number of thioether (sulfide) groups is 1. The molecule has 0 aliphatic carbocycles. The molecule has 3 nitrogen and oxygen atoms in total. The van der Waals surface area contributed by atoms with E-state index in [0.29, 0.717) is 28.8 Å². The van der Waals surface area contributed by atoms with Gasteiger partial charge in [0, 0.05) is 0 Å². The van der Waals surface area contributed by atoms with E-state index >= 15 is 0 Å². The first kappa shape index (κ1) is 20.5. The fraction of sp³-hybridized carbons (Fsp3) is 0.250. The first-order chi connectivity index (χ1) is 11.2. The molecule has 1 atom stereocenters. The Labute approximate surface area is 159 Å². The SMILES string of the molecule is NC(=O)C1=C(C(F)(F)F)N(c2c(Cl)cc(C(F)(F)F)cc2Cl)C(Br)S1. The number of hydrogen-bond donors (Lipinski definition) is 1. The quantitative estimate of drug-likeness (QED) is 0.339. The van der Waals surface area contributed by atoms with Gasteiger partial charge in [0.1, 0.15) is 14.9 Å². The summed E-state index contributed by atoms with van der Waals surface area (Å²) < 4.78 is 77.3. The zero-order valence-corrected chi connectivity index (χ0v) is 15.4. The van der Waals surface area contributed by atoms with E-state index in [0.717, 1.165) is 0 Å². The first-order valence-corrected chi connectivity index (χ1v) is 8.57. The van der Waals surface area contributed by atoms with Crippen LogP contribution in [0.5, 0.6) is 0 Å². The smallest absolute Gasteiger partial charge is 0.365 e. The van der Waals surface area contributed by atoms with E-state index in [1.165, 1.54) is 0 Å². The Morgan fingerprint density at radius 1 is 1.12 bits per heavy atom. The van der Waals surface area contributed by atoms with Gasteiger partial charge in [-0.2, -0.15) is 26.3 Å². The molecule has 1 aromatic carbocycles. The number of carbonyl (C=O) groups is 1. The highest BCUT2D eigenvalue weighted by atomic mass is 79.9. The van der Waals surface area contributed by atoms with Crippen molar-refractivity contribution in [1.29, 1.82) is 0 Å². The molecule has 0 aromatic heterocycles. The van der Waals surface area contributed by atoms with Crippen LogP contribution in [0.25, 0.3) is 0 Å². The van der Waals surface area contributed by atoms with Crippen LogP contribution in [0, 0.1) is 0 Å². The molecular weight excluding hydrogens is 485 g/mol. The van der Waals surface area contributed by atoms with E-state index in [4.69, 9.17) is 28.9 Å². The van der Waals surface area contributed by atoms with E-state index in [-0.39, 0.29) is 0 Å². The Bertz CT molecular complexity index is 744. The van der Waals surface area contributed by atoms with Crippen LogP contribution in [-0.4, -0.2) is 16.4 Å². The van der Waals surface area contributed by atoms with Crippen molar-refractivity contribution in [3.05, 3.63) is 38.3 Å². The largest absolute Gasteiger partial charge is 0.432 e. The Morgan fingerprint density at radius 2 is 1.60 bits per heavy atom. The molecule has 1 aliphatic heterocycles. The van der Waals surface area contributed by atoms with Crippen LogP contribution in [0.1, 0.15) is 5.56 Å². The number of anilines is 1. The second-order valence-corrected chi connectivity index (χ2v) is 7.98. The standard InChI is InChI=1S/C12H5BrCl2F6N2OS/c13-10-23(8(12(19,20)21)7(25-10)9(22)24)6-4(14)1-3(2-5(6)15)11(16,17)18/h1-2,10H,(H2,22,24). The Kier molecular flexibility index (Phi) is 5.54. The van der Waals surface area contributed by atoms with Gasteiger partial charge in [-0.3, -0.25) is 4.79 Å². The van der Waals surface area contributed by atoms with Crippen molar-refractivity contribution in [2.75, 3.05) is 4.90 Å². The summed E-state index contributed by atoms with van der Waals surface area (Å²) >= 11 is 14.9. The van der Waals surface area contributed by atoms with Crippen LogP contribution in [-0.2, 0) is 11.0 Å². The lowest BCUT2D eigenvalue weighted by atomic mass is 10.1. The van der Waals surface area contributed by atoms with Crippen LogP contribution in [0.3, 0.4) is 0 Å². The number of carbonyl (C=O) groups excluding carboxylic acids is 1. The van der Waals surface area contributed by atoms with E-state index in [1.807, 2.05) is 0 Å². The minimum Gasteiger partial charge on any atom is -0.365 e. The number of amides is 1. The average Bonchev–Trinajstić information content (AvgIpc) is 2.75. The van der Waals surface area contributed by atoms with Crippen molar-refractivity contribution in [1.82, 2.24) is 0 Å². The second kappa shape index (κ2) is 6.75. The van der Waals surface area contributed by atoms with Crippen molar-refractivity contribution in [3.63, 3.8) is 0 Å². The Balaban J connectivity index is 2.70. The molecule has 13 heteroatoms. The number of hydrogen-bond acceptors (Lipinski definition) is 3. The molecular formula is C12H5BrCl2F6N2OS. The van der Waals surface area contributed by atoms with Gasteiger partial charge in [0.05, 0.1) is 21.3 Å². The van der Waals surface area contributed by atoms with Gasteiger partial charge in [-0.15, -0.1) is 0 Å². The highest BCUT2D eigenvalue weighted by Crippen LogP contribution is 2.53. The normalized spacial score (nSPS) is 18.9. The van der Waals surface area contributed by atoms with Crippen molar-refractivity contribution >= 4 is 62.5 Å². The van der Waals surface area contributed by atoms with Crippen molar-refractivity contribution < 1.29 is 31.1 Å². The second-order valence-electron chi connectivity index (χ2n) is 4.61. The predicted molar refractivity (Wildman–Crippen MR) is 86.5 cm³/mol. The molecule has 0 saturated heterocycles. The summed E-state index contributed by atoms with van der Waals surface area (Å²) in [7, 11) is 0. The molecule has 0 bridgehead atoms. The van der Waals surface area contributed by atoms with E-state index in [1.54, 1.807) is 0 Å². The summed E-state index contributed by atoms with van der Waals surface area (Å²) in [6, 6.07) is 0.896. The van der Waals surface area contributed by atoms with Crippen molar-refractivity contribution in [3.8, 4) is 0 Å². The lowest BCUT2D eigenvalue weighted by Crippen LogP contribution is -2.33. The topological polar surface area (TPSA) is 46.3 Å². The third-order valence-corrected chi connectivity index (χ3v) is 5.53. The number of alkyl halides is 7. The van der Waals surface area contributed by atoms with Crippen LogP contribution in [0.2, 0.25) is 10.0 Å². The van der Waals surface area contributed by atoms with Gasteiger partial charge < -0.3 is 10.6 Å². The number of benzene rings is 1. The molecule has 0 fully saturated rings. The molecule has 1 amide bonds. The maximum absolute atomic E-state index is 13.4. The molecule has 1 unspecified atom stereocenters. The van der Waals surface area contributed by atoms with Gasteiger partial charge in [-0.25, -0.2) is 0 Å². The van der Waals surface area contributed by atoms with Crippen molar-refractivity contribution in [2.45, 2.75) is 16.6 Å². The van der Waals surface area contributed by atoms with Crippen LogP contribution >= 0.6 is 50.9 Å². The molecule has 25 heavy (non-hydrogen) atoms. The number of primary amides is 1. The van der Waals surface area contributed by atoms with Crippen molar-refractivity contribution in [2.24, 2.45) is 5.73 Å². The summed E-state index contributed by atoms with van der Waals surface area (Å²) in [6.45, 7) is 0. The third kappa shape index (κ3) is 3.99.